The van der Waals surface area contributed by atoms with Crippen LogP contribution in [0.25, 0.3) is 0 Å². The highest BCUT2D eigenvalue weighted by Crippen LogP contribution is 2.46. The smallest absolute Gasteiger partial charge is 0.255 e. The van der Waals surface area contributed by atoms with Gasteiger partial charge in [-0.3, -0.25) is 9.59 Å². The molecule has 1 aliphatic carbocycles. The number of rotatable bonds is 8. The maximum absolute atomic E-state index is 14.1. The van der Waals surface area contributed by atoms with Gasteiger partial charge in [0, 0.05) is 35.6 Å². The maximum Gasteiger partial charge on any atom is 0.255 e. The molecule has 38 heavy (non-hydrogen) atoms. The van der Waals surface area contributed by atoms with Crippen molar-refractivity contribution >= 4 is 39.3 Å². The average Bonchev–Trinajstić information content (AvgIpc) is 2.88. The Balaban J connectivity index is 1.83. The van der Waals surface area contributed by atoms with E-state index in [0.717, 1.165) is 19.1 Å². The van der Waals surface area contributed by atoms with Crippen molar-refractivity contribution in [3.05, 3.63) is 70.2 Å². The molecule has 2 aromatic carbocycles. The van der Waals surface area contributed by atoms with Crippen LogP contribution in [0.3, 0.4) is 0 Å². The van der Waals surface area contributed by atoms with Gasteiger partial charge in [-0.15, -0.1) is 0 Å². The Labute approximate surface area is 227 Å². The SMILES string of the molecule is CS(=O)(=O)N[C@H]1CCCC[C@@H]1N1C(=O)c2ccccc2[C@@H](C(=O)NCC/C(N)=N/O)[C@@H]1c1ccc(Cl)cc1. The van der Waals surface area contributed by atoms with E-state index in [4.69, 9.17) is 22.5 Å². The number of amides is 2. The van der Waals surface area contributed by atoms with Gasteiger partial charge in [0.2, 0.25) is 15.9 Å². The molecule has 5 N–H and O–H groups in total. The number of carbonyl (C=O) groups excluding carboxylic acids is 2. The predicted octanol–water partition coefficient (Wildman–Crippen LogP) is 2.73. The first-order valence-corrected chi connectivity index (χ1v) is 14.8. The fourth-order valence-corrected chi connectivity index (χ4v) is 6.49. The zero-order valence-electron chi connectivity index (χ0n) is 21.0. The molecule has 2 amide bonds. The molecule has 12 heteroatoms. The van der Waals surface area contributed by atoms with Gasteiger partial charge in [-0.1, -0.05) is 59.9 Å². The molecule has 4 atom stereocenters. The number of nitrogens with two attached hydrogens (primary N) is 1. The van der Waals surface area contributed by atoms with Crippen LogP contribution >= 0.6 is 11.6 Å². The average molecular weight is 562 g/mol. The number of sulfonamides is 1. The number of halogens is 1. The number of fused-ring (bicyclic) bond motifs is 1. The molecule has 0 radical (unpaired) electrons. The van der Waals surface area contributed by atoms with Gasteiger partial charge in [0.15, 0.2) is 0 Å². The highest BCUT2D eigenvalue weighted by Gasteiger charge is 2.48. The van der Waals surface area contributed by atoms with Gasteiger partial charge in [0.25, 0.3) is 5.91 Å². The van der Waals surface area contributed by atoms with Gasteiger partial charge >= 0.3 is 0 Å². The zero-order valence-corrected chi connectivity index (χ0v) is 22.6. The Morgan fingerprint density at radius 3 is 2.53 bits per heavy atom. The predicted molar refractivity (Wildman–Crippen MR) is 145 cm³/mol. The lowest BCUT2D eigenvalue weighted by Gasteiger charge is -2.49. The van der Waals surface area contributed by atoms with E-state index in [-0.39, 0.29) is 30.6 Å². The summed E-state index contributed by atoms with van der Waals surface area (Å²) in [6, 6.07) is 12.3. The minimum Gasteiger partial charge on any atom is -0.409 e. The molecule has 4 rings (SSSR count). The Morgan fingerprint density at radius 1 is 1.16 bits per heavy atom. The monoisotopic (exact) mass is 561 g/mol. The van der Waals surface area contributed by atoms with Crippen LogP contribution in [0.2, 0.25) is 5.02 Å². The van der Waals surface area contributed by atoms with Crippen LogP contribution in [0, 0.1) is 0 Å². The van der Waals surface area contributed by atoms with E-state index in [2.05, 4.69) is 15.2 Å². The van der Waals surface area contributed by atoms with Crippen LogP contribution in [0.4, 0.5) is 0 Å². The van der Waals surface area contributed by atoms with Crippen LogP contribution in [0.15, 0.2) is 53.7 Å². The van der Waals surface area contributed by atoms with Gasteiger partial charge in [-0.2, -0.15) is 0 Å². The molecule has 0 spiro atoms. The Bertz CT molecular complexity index is 1320. The van der Waals surface area contributed by atoms with Crippen molar-refractivity contribution in [3.63, 3.8) is 0 Å². The summed E-state index contributed by atoms with van der Waals surface area (Å²) in [6.07, 6.45) is 4.07. The largest absolute Gasteiger partial charge is 0.409 e. The standard InChI is InChI=1S/C26H32ClN5O5S/c1-38(36,37)31-20-8-4-5-9-21(20)32-24(16-10-12-17(27)13-11-16)23(25(33)29-15-14-22(28)30-35)18-6-2-3-7-19(18)26(32)34/h2-3,6-7,10-13,20-21,23-24,31,35H,4-5,8-9,14-15H2,1H3,(H2,28,30)(H,29,33)/t20-,21-,23+,24-/m0/s1. The molecule has 204 valence electrons. The van der Waals surface area contributed by atoms with E-state index < -0.39 is 34.1 Å². The molecule has 0 unspecified atom stereocenters. The van der Waals surface area contributed by atoms with Gasteiger partial charge in [0.05, 0.1) is 18.2 Å². The normalized spacial score (nSPS) is 24.1. The van der Waals surface area contributed by atoms with Crippen molar-refractivity contribution in [2.24, 2.45) is 10.9 Å². The van der Waals surface area contributed by atoms with Crippen molar-refractivity contribution in [1.82, 2.24) is 14.9 Å². The van der Waals surface area contributed by atoms with Crippen LogP contribution in [-0.2, 0) is 14.8 Å². The van der Waals surface area contributed by atoms with Gasteiger partial charge in [-0.25, -0.2) is 13.1 Å². The summed E-state index contributed by atoms with van der Waals surface area (Å²) in [5.41, 5.74) is 7.27. The molecule has 2 aliphatic rings. The van der Waals surface area contributed by atoms with E-state index >= 15 is 0 Å². The van der Waals surface area contributed by atoms with E-state index in [1.165, 1.54) is 0 Å². The van der Waals surface area contributed by atoms with Crippen molar-refractivity contribution in [3.8, 4) is 0 Å². The summed E-state index contributed by atoms with van der Waals surface area (Å²) in [6.45, 7) is 0.135. The molecule has 1 fully saturated rings. The number of hydrogen-bond acceptors (Lipinski definition) is 6. The summed E-state index contributed by atoms with van der Waals surface area (Å²) < 4.78 is 27.2. The molecule has 1 aliphatic heterocycles. The van der Waals surface area contributed by atoms with E-state index in [1.807, 2.05) is 0 Å². The molecular weight excluding hydrogens is 530 g/mol. The third-order valence-electron chi connectivity index (χ3n) is 7.13. The quantitative estimate of drug-likeness (QED) is 0.168. The lowest BCUT2D eigenvalue weighted by molar-refractivity contribution is -0.124. The first-order valence-electron chi connectivity index (χ1n) is 12.5. The fraction of sp³-hybridized carbons (Fsp3) is 0.423. The summed E-state index contributed by atoms with van der Waals surface area (Å²) in [5, 5.41) is 15.2. The Kier molecular flexibility index (Phi) is 8.59. The molecule has 0 aromatic heterocycles. The Morgan fingerprint density at radius 2 is 1.84 bits per heavy atom. The lowest BCUT2D eigenvalue weighted by Crippen LogP contribution is -2.59. The highest BCUT2D eigenvalue weighted by molar-refractivity contribution is 7.88. The lowest BCUT2D eigenvalue weighted by atomic mass is 9.76. The second-order valence-corrected chi connectivity index (χ2v) is 12.0. The Hall–Kier alpha value is -3.15. The minimum absolute atomic E-state index is 0.0164. The molecule has 2 aromatic rings. The van der Waals surface area contributed by atoms with Gasteiger partial charge in [-0.05, 0) is 42.2 Å². The third-order valence-corrected chi connectivity index (χ3v) is 8.11. The summed E-state index contributed by atoms with van der Waals surface area (Å²) >= 11 is 6.17. The van der Waals surface area contributed by atoms with Crippen molar-refractivity contribution < 1.29 is 23.2 Å². The van der Waals surface area contributed by atoms with Crippen molar-refractivity contribution in [1.29, 1.82) is 0 Å². The number of amidine groups is 1. The van der Waals surface area contributed by atoms with E-state index in [9.17, 15) is 18.0 Å². The number of nitrogens with zero attached hydrogens (tertiary/aromatic N) is 2. The molecule has 10 nitrogen and oxygen atoms in total. The number of nitrogens with one attached hydrogen (secondary N) is 2. The van der Waals surface area contributed by atoms with Crippen molar-refractivity contribution in [2.45, 2.75) is 56.1 Å². The van der Waals surface area contributed by atoms with Crippen LogP contribution in [0.5, 0.6) is 0 Å². The topological polar surface area (TPSA) is 154 Å². The van der Waals surface area contributed by atoms with Crippen LogP contribution < -0.4 is 15.8 Å². The molecule has 0 bridgehead atoms. The van der Waals surface area contributed by atoms with E-state index in [0.29, 0.717) is 34.6 Å². The second-order valence-electron chi connectivity index (χ2n) is 9.75. The summed E-state index contributed by atoms with van der Waals surface area (Å²) in [7, 11) is -3.54. The minimum atomic E-state index is -3.54. The first-order chi connectivity index (χ1) is 18.1. The number of benzene rings is 2. The van der Waals surface area contributed by atoms with Crippen LogP contribution in [0.1, 0.15) is 65.5 Å². The van der Waals surface area contributed by atoms with E-state index in [1.54, 1.807) is 53.4 Å². The number of carbonyl (C=O) groups is 2. The highest BCUT2D eigenvalue weighted by atomic mass is 35.5. The number of hydrogen-bond donors (Lipinski definition) is 4. The molecule has 1 saturated carbocycles. The second kappa shape index (κ2) is 11.7. The molecule has 1 heterocycles. The zero-order chi connectivity index (χ0) is 27.4. The fourth-order valence-electron chi connectivity index (χ4n) is 5.54. The third kappa shape index (κ3) is 6.11. The van der Waals surface area contributed by atoms with Crippen molar-refractivity contribution in [2.75, 3.05) is 12.8 Å². The summed E-state index contributed by atoms with van der Waals surface area (Å²) in [4.78, 5) is 29.6. The van der Waals surface area contributed by atoms with Gasteiger partial charge in [0.1, 0.15) is 5.84 Å². The maximum atomic E-state index is 14.1. The van der Waals surface area contributed by atoms with Crippen LogP contribution in [-0.4, -0.2) is 61.1 Å². The first kappa shape index (κ1) is 27.9. The number of oxime groups is 1. The summed E-state index contributed by atoms with van der Waals surface area (Å²) in [5.74, 6) is -1.40. The van der Waals surface area contributed by atoms with Gasteiger partial charge < -0.3 is 21.2 Å². The molecule has 0 saturated heterocycles. The molecular formula is C26H32ClN5O5S.